The summed E-state index contributed by atoms with van der Waals surface area (Å²) >= 11 is 0. The Morgan fingerprint density at radius 2 is 1.68 bits per heavy atom. The van der Waals surface area contributed by atoms with Crippen molar-refractivity contribution in [1.29, 1.82) is 0 Å². The Morgan fingerprint density at radius 3 is 2.19 bits per heavy atom. The summed E-state index contributed by atoms with van der Waals surface area (Å²) < 4.78 is 5.78. The van der Waals surface area contributed by atoms with Gasteiger partial charge in [-0.3, -0.25) is 0 Å². The maximum atomic E-state index is 10.3. The van der Waals surface area contributed by atoms with Crippen molar-refractivity contribution in [2.45, 2.75) is 53.2 Å². The molecule has 3 nitrogen and oxygen atoms in total. The van der Waals surface area contributed by atoms with E-state index < -0.39 is 5.60 Å². The molecule has 0 amide bonds. The maximum absolute atomic E-state index is 10.3. The zero-order valence-electron chi connectivity index (χ0n) is 19.4. The highest BCUT2D eigenvalue weighted by atomic mass is 16.5. The standard InChI is InChI=1S/C28H33NO2/c1-8-27(23-9-13-24(14-10-23)28(6,7)30)29-18-26(20(4)17-21(29)5)22-11-15-25(16-12-22)31-19(2)3/h8-19,30H,5H2,1-4,6-7H3/b27-8-. The highest BCUT2D eigenvalue weighted by Gasteiger charge is 2.20. The fraction of sp³-hybridized carbons (Fsp3) is 0.286. The summed E-state index contributed by atoms with van der Waals surface area (Å²) in [5.74, 6) is 0.874. The lowest BCUT2D eigenvalue weighted by Crippen LogP contribution is -2.18. The number of nitrogens with zero attached hydrogens (tertiary/aromatic N) is 1. The van der Waals surface area contributed by atoms with Crippen LogP contribution in [0.1, 0.15) is 58.2 Å². The predicted octanol–water partition coefficient (Wildman–Crippen LogP) is 6.88. The SMILES string of the molecule is C=C1C=C(C)C(c2ccc(OC(C)C)cc2)=CN1/C(=C\C)c1ccc(C(C)(C)O)cc1. The van der Waals surface area contributed by atoms with Gasteiger partial charge < -0.3 is 14.7 Å². The zero-order chi connectivity index (χ0) is 22.8. The van der Waals surface area contributed by atoms with Crippen molar-refractivity contribution in [3.63, 3.8) is 0 Å². The minimum absolute atomic E-state index is 0.153. The molecule has 31 heavy (non-hydrogen) atoms. The number of allylic oxidation sites excluding steroid dienone is 4. The van der Waals surface area contributed by atoms with Crippen LogP contribution in [0.3, 0.4) is 0 Å². The summed E-state index contributed by atoms with van der Waals surface area (Å²) in [4.78, 5) is 2.12. The van der Waals surface area contributed by atoms with Gasteiger partial charge in [0.2, 0.25) is 0 Å². The third-order valence-corrected chi connectivity index (χ3v) is 5.33. The van der Waals surface area contributed by atoms with Crippen molar-refractivity contribution >= 4 is 11.3 Å². The quantitative estimate of drug-likeness (QED) is 0.558. The zero-order valence-corrected chi connectivity index (χ0v) is 19.4. The van der Waals surface area contributed by atoms with E-state index in [1.807, 2.05) is 57.2 Å². The molecule has 1 aliphatic heterocycles. The molecule has 0 fully saturated rings. The average molecular weight is 416 g/mol. The van der Waals surface area contributed by atoms with Crippen LogP contribution in [0.25, 0.3) is 11.3 Å². The van der Waals surface area contributed by atoms with Crippen LogP contribution in [0.4, 0.5) is 0 Å². The van der Waals surface area contributed by atoms with E-state index in [0.29, 0.717) is 0 Å². The molecule has 0 saturated heterocycles. The van der Waals surface area contributed by atoms with Crippen LogP contribution in [0.2, 0.25) is 0 Å². The largest absolute Gasteiger partial charge is 0.491 e. The van der Waals surface area contributed by atoms with Crippen molar-refractivity contribution in [2.24, 2.45) is 0 Å². The van der Waals surface area contributed by atoms with Crippen molar-refractivity contribution in [1.82, 2.24) is 4.90 Å². The summed E-state index contributed by atoms with van der Waals surface area (Å²) in [7, 11) is 0. The Hall–Kier alpha value is -3.04. The average Bonchev–Trinajstić information content (AvgIpc) is 2.70. The Labute approximate surface area is 186 Å². The molecule has 2 aromatic carbocycles. The van der Waals surface area contributed by atoms with E-state index in [-0.39, 0.29) is 6.10 Å². The number of rotatable bonds is 6. The third-order valence-electron chi connectivity index (χ3n) is 5.33. The van der Waals surface area contributed by atoms with Crippen LogP contribution >= 0.6 is 0 Å². The fourth-order valence-corrected chi connectivity index (χ4v) is 3.72. The van der Waals surface area contributed by atoms with Crippen molar-refractivity contribution in [3.05, 3.63) is 101 Å². The van der Waals surface area contributed by atoms with E-state index in [9.17, 15) is 5.11 Å². The van der Waals surface area contributed by atoms with Gasteiger partial charge in [0, 0.05) is 23.2 Å². The molecule has 0 bridgehead atoms. The van der Waals surface area contributed by atoms with Gasteiger partial charge in [0.25, 0.3) is 0 Å². The minimum Gasteiger partial charge on any atom is -0.491 e. The van der Waals surface area contributed by atoms with E-state index >= 15 is 0 Å². The van der Waals surface area contributed by atoms with Crippen molar-refractivity contribution in [3.8, 4) is 5.75 Å². The number of ether oxygens (including phenoxy) is 1. The normalized spacial score (nSPS) is 15.2. The molecule has 3 heteroatoms. The molecule has 0 aliphatic carbocycles. The molecule has 0 saturated carbocycles. The number of aliphatic hydroxyl groups is 1. The van der Waals surface area contributed by atoms with Gasteiger partial charge in [-0.1, -0.05) is 49.1 Å². The van der Waals surface area contributed by atoms with Crippen LogP contribution in [-0.2, 0) is 5.60 Å². The van der Waals surface area contributed by atoms with E-state index in [4.69, 9.17) is 4.74 Å². The van der Waals surface area contributed by atoms with Gasteiger partial charge in [0.05, 0.1) is 11.7 Å². The lowest BCUT2D eigenvalue weighted by Gasteiger charge is -2.30. The predicted molar refractivity (Wildman–Crippen MR) is 130 cm³/mol. The van der Waals surface area contributed by atoms with Crippen molar-refractivity contribution < 1.29 is 9.84 Å². The molecule has 2 aromatic rings. The second-order valence-electron chi connectivity index (χ2n) is 8.73. The van der Waals surface area contributed by atoms with Crippen molar-refractivity contribution in [2.75, 3.05) is 0 Å². The monoisotopic (exact) mass is 415 g/mol. The Kier molecular flexibility index (Phi) is 6.56. The second-order valence-corrected chi connectivity index (χ2v) is 8.73. The maximum Gasteiger partial charge on any atom is 0.119 e. The molecule has 0 atom stereocenters. The summed E-state index contributed by atoms with van der Waals surface area (Å²) in [6.07, 6.45) is 6.50. The smallest absolute Gasteiger partial charge is 0.119 e. The van der Waals surface area contributed by atoms with Crippen LogP contribution in [0.15, 0.2) is 84.7 Å². The number of hydrogen-bond acceptors (Lipinski definition) is 3. The molecular weight excluding hydrogens is 382 g/mol. The highest BCUT2D eigenvalue weighted by molar-refractivity contribution is 5.83. The van der Waals surface area contributed by atoms with Gasteiger partial charge >= 0.3 is 0 Å². The van der Waals surface area contributed by atoms with E-state index in [1.165, 1.54) is 5.57 Å². The molecule has 0 radical (unpaired) electrons. The molecule has 1 heterocycles. The van der Waals surface area contributed by atoms with Crippen LogP contribution in [0, 0.1) is 0 Å². The molecule has 0 spiro atoms. The highest BCUT2D eigenvalue weighted by Crippen LogP contribution is 2.35. The molecule has 0 aromatic heterocycles. The molecule has 0 unspecified atom stereocenters. The summed E-state index contributed by atoms with van der Waals surface area (Å²) in [6.45, 7) is 16.1. The first-order chi connectivity index (χ1) is 14.6. The van der Waals surface area contributed by atoms with Gasteiger partial charge in [0.1, 0.15) is 5.75 Å². The summed E-state index contributed by atoms with van der Waals surface area (Å²) in [5, 5.41) is 10.3. The first kappa shape index (κ1) is 22.6. The van der Waals surface area contributed by atoms with Gasteiger partial charge in [-0.2, -0.15) is 0 Å². The summed E-state index contributed by atoms with van der Waals surface area (Å²) in [5.41, 5.74) is 6.52. The van der Waals surface area contributed by atoms with Gasteiger partial charge in [-0.05, 0) is 82.0 Å². The van der Waals surface area contributed by atoms with Crippen LogP contribution in [0.5, 0.6) is 5.75 Å². The lowest BCUT2D eigenvalue weighted by molar-refractivity contribution is 0.0786. The van der Waals surface area contributed by atoms with E-state index in [1.54, 1.807) is 13.8 Å². The fourth-order valence-electron chi connectivity index (χ4n) is 3.72. The lowest BCUT2D eigenvalue weighted by atomic mass is 9.94. The Balaban J connectivity index is 1.94. The first-order valence-electron chi connectivity index (χ1n) is 10.8. The molecule has 3 rings (SSSR count). The Bertz CT molecular complexity index is 1030. The Morgan fingerprint density at radius 1 is 1.06 bits per heavy atom. The van der Waals surface area contributed by atoms with Crippen LogP contribution in [-0.4, -0.2) is 16.1 Å². The van der Waals surface area contributed by atoms with Gasteiger partial charge in [-0.25, -0.2) is 0 Å². The third kappa shape index (κ3) is 5.18. The molecule has 162 valence electrons. The van der Waals surface area contributed by atoms with E-state index in [0.717, 1.165) is 39.4 Å². The topological polar surface area (TPSA) is 32.7 Å². The minimum atomic E-state index is -0.859. The van der Waals surface area contributed by atoms with Gasteiger partial charge in [-0.15, -0.1) is 0 Å². The van der Waals surface area contributed by atoms with Gasteiger partial charge in [0.15, 0.2) is 0 Å². The number of benzene rings is 2. The summed E-state index contributed by atoms with van der Waals surface area (Å²) in [6, 6.07) is 16.3. The van der Waals surface area contributed by atoms with E-state index in [2.05, 4.69) is 48.9 Å². The second kappa shape index (κ2) is 8.99. The molecule has 1 N–H and O–H groups in total. The molecule has 1 aliphatic rings. The number of hydrogen-bond donors (Lipinski definition) is 1. The first-order valence-corrected chi connectivity index (χ1v) is 10.8. The molecular formula is C28H33NO2. The van der Waals surface area contributed by atoms with Crippen LogP contribution < -0.4 is 4.74 Å².